The van der Waals surface area contributed by atoms with Gasteiger partial charge in [0, 0.05) is 68.0 Å². The maximum Gasteiger partial charge on any atom is 0.138 e. The highest BCUT2D eigenvalue weighted by atomic mass is 32.1. The number of rotatable bonds is 4. The van der Waals surface area contributed by atoms with Crippen molar-refractivity contribution in [3.05, 3.63) is 152 Å². The van der Waals surface area contributed by atoms with Gasteiger partial charge in [0.25, 0.3) is 0 Å². The molecular formula is C44H25N3O2S. The summed E-state index contributed by atoms with van der Waals surface area (Å²) >= 11 is 1.76. The molecule has 0 radical (unpaired) electrons. The number of para-hydroxylation sites is 1. The molecule has 0 saturated heterocycles. The van der Waals surface area contributed by atoms with E-state index in [0.29, 0.717) is 0 Å². The Kier molecular flexibility index (Phi) is 5.76. The summed E-state index contributed by atoms with van der Waals surface area (Å²) in [6.45, 7) is 0. The van der Waals surface area contributed by atoms with Gasteiger partial charge in [-0.15, -0.1) is 11.3 Å². The molecule has 4 aromatic heterocycles. The van der Waals surface area contributed by atoms with E-state index < -0.39 is 0 Å². The molecule has 11 rings (SSSR count). The molecular weight excluding hydrogens is 635 g/mol. The molecule has 234 valence electrons. The van der Waals surface area contributed by atoms with Crippen molar-refractivity contribution in [1.29, 1.82) is 0 Å². The zero-order chi connectivity index (χ0) is 32.8. The van der Waals surface area contributed by atoms with E-state index in [1.807, 2.05) is 30.5 Å². The molecule has 0 atom stereocenters. The van der Waals surface area contributed by atoms with Gasteiger partial charge < -0.3 is 13.7 Å². The number of hydrogen-bond donors (Lipinski definition) is 0. The van der Waals surface area contributed by atoms with Crippen molar-refractivity contribution in [2.24, 2.45) is 0 Å². The minimum absolute atomic E-state index is 0.822. The first-order valence-corrected chi connectivity index (χ1v) is 17.4. The van der Waals surface area contributed by atoms with E-state index in [9.17, 15) is 0 Å². The average Bonchev–Trinajstić information content (AvgIpc) is 3.88. The minimum atomic E-state index is 0.822. The Morgan fingerprint density at radius 2 is 1.18 bits per heavy atom. The third-order valence-corrected chi connectivity index (χ3v) is 10.9. The summed E-state index contributed by atoms with van der Waals surface area (Å²) < 4.78 is 13.8. The number of nitrogens with zero attached hydrogens (tertiary/aromatic N) is 3. The lowest BCUT2D eigenvalue weighted by Crippen LogP contribution is -2.09. The zero-order valence-corrected chi connectivity index (χ0v) is 27.3. The van der Waals surface area contributed by atoms with Crippen LogP contribution in [0.3, 0.4) is 0 Å². The van der Waals surface area contributed by atoms with Gasteiger partial charge in [-0.1, -0.05) is 72.8 Å². The number of pyridine rings is 1. The number of benzene rings is 7. The van der Waals surface area contributed by atoms with Crippen molar-refractivity contribution < 1.29 is 8.83 Å². The molecule has 0 aliphatic heterocycles. The maximum absolute atomic E-state index is 6.39. The first kappa shape index (κ1) is 27.5. The highest BCUT2D eigenvalue weighted by Gasteiger charge is 2.19. The summed E-state index contributed by atoms with van der Waals surface area (Å²) in [6.07, 6.45) is 3.64. The number of hydrogen-bond acceptors (Lipinski definition) is 6. The lowest BCUT2D eigenvalue weighted by Gasteiger charge is -2.26. The minimum Gasteiger partial charge on any atom is -0.456 e. The molecule has 0 unspecified atom stereocenters. The fraction of sp³-hybridized carbons (Fsp3) is 0. The van der Waals surface area contributed by atoms with E-state index in [1.54, 1.807) is 17.5 Å². The maximum atomic E-state index is 6.39. The normalized spacial score (nSPS) is 12.0. The second-order valence-electron chi connectivity index (χ2n) is 12.6. The van der Waals surface area contributed by atoms with E-state index >= 15 is 0 Å². The van der Waals surface area contributed by atoms with Crippen LogP contribution in [0.25, 0.3) is 86.2 Å². The van der Waals surface area contributed by atoms with Gasteiger partial charge in [0.05, 0.1) is 10.2 Å². The molecule has 0 spiro atoms. The molecule has 0 aliphatic rings. The smallest absolute Gasteiger partial charge is 0.138 e. The van der Waals surface area contributed by atoms with Crippen molar-refractivity contribution in [2.45, 2.75) is 0 Å². The predicted molar refractivity (Wildman–Crippen MR) is 207 cm³/mol. The SMILES string of the molecule is c1ccc(-c2nc3ccc4ccc5ccc(N(c6ccc7c(c6)oc6ccccc67)c6ccc7oc8ccncc8c7c6)cc5c4c3s2)cc1. The summed E-state index contributed by atoms with van der Waals surface area (Å²) in [6, 6.07) is 49.0. The molecule has 0 bridgehead atoms. The third kappa shape index (κ3) is 4.12. The second-order valence-corrected chi connectivity index (χ2v) is 13.6. The first-order valence-electron chi connectivity index (χ1n) is 16.5. The Bertz CT molecular complexity index is 3120. The molecule has 0 amide bonds. The van der Waals surface area contributed by atoms with Crippen LogP contribution in [0.15, 0.2) is 161 Å². The van der Waals surface area contributed by atoms with Crippen molar-refractivity contribution >= 4 is 104 Å². The van der Waals surface area contributed by atoms with E-state index in [0.717, 1.165) is 77.0 Å². The Labute approximate surface area is 289 Å². The first-order chi connectivity index (χ1) is 24.7. The fourth-order valence-corrected chi connectivity index (χ4v) is 8.54. The predicted octanol–water partition coefficient (Wildman–Crippen LogP) is 12.9. The molecule has 5 nitrogen and oxygen atoms in total. The topological polar surface area (TPSA) is 55.3 Å². The van der Waals surface area contributed by atoms with Crippen LogP contribution in [0.2, 0.25) is 0 Å². The molecule has 0 N–H and O–H groups in total. The second kappa shape index (κ2) is 10.5. The number of anilines is 3. The summed E-state index contributed by atoms with van der Waals surface area (Å²) in [5.41, 5.74) is 8.56. The van der Waals surface area contributed by atoms with E-state index in [-0.39, 0.29) is 0 Å². The largest absolute Gasteiger partial charge is 0.456 e. The third-order valence-electron chi connectivity index (χ3n) is 9.75. The summed E-state index contributed by atoms with van der Waals surface area (Å²) in [5.74, 6) is 0. The molecule has 50 heavy (non-hydrogen) atoms. The van der Waals surface area contributed by atoms with Gasteiger partial charge in [-0.05, 0) is 76.8 Å². The zero-order valence-electron chi connectivity index (χ0n) is 26.5. The summed E-state index contributed by atoms with van der Waals surface area (Å²) in [4.78, 5) is 11.8. The van der Waals surface area contributed by atoms with E-state index in [1.165, 1.54) is 26.2 Å². The van der Waals surface area contributed by atoms with Crippen molar-refractivity contribution in [3.8, 4) is 10.6 Å². The summed E-state index contributed by atoms with van der Waals surface area (Å²) in [7, 11) is 0. The lowest BCUT2D eigenvalue weighted by atomic mass is 10.0. The average molecular weight is 660 g/mol. The number of thiazole rings is 1. The van der Waals surface area contributed by atoms with Gasteiger partial charge in [-0.25, -0.2) is 4.98 Å². The van der Waals surface area contributed by atoms with Crippen LogP contribution in [-0.2, 0) is 0 Å². The van der Waals surface area contributed by atoms with Crippen molar-refractivity contribution in [3.63, 3.8) is 0 Å². The van der Waals surface area contributed by atoms with Crippen molar-refractivity contribution in [2.75, 3.05) is 4.90 Å². The van der Waals surface area contributed by atoms with Gasteiger partial charge in [0.1, 0.15) is 27.3 Å². The fourth-order valence-electron chi connectivity index (χ4n) is 7.40. The Morgan fingerprint density at radius 3 is 2.12 bits per heavy atom. The van der Waals surface area contributed by atoms with Gasteiger partial charge in [-0.2, -0.15) is 0 Å². The summed E-state index contributed by atoms with van der Waals surface area (Å²) in [5, 5.41) is 10.0. The standard InChI is InChI=1S/C44H25N3O2S/c1-2-6-28(7-3-1)44-46-37-18-13-27-11-10-26-12-14-29(22-34(26)42(27)43(37)50-44)47(30-16-19-39-35(23-30)36-25-45-21-20-40(36)48-39)31-15-17-33-32-8-4-5-9-38(32)49-41(33)24-31/h1-25H. The monoisotopic (exact) mass is 659 g/mol. The molecule has 0 saturated carbocycles. The molecule has 4 heterocycles. The van der Waals surface area contributed by atoms with Crippen LogP contribution in [-0.4, -0.2) is 9.97 Å². The quantitative estimate of drug-likeness (QED) is 0.176. The van der Waals surface area contributed by atoms with E-state index in [2.05, 4.69) is 125 Å². The Balaban J connectivity index is 1.17. The molecule has 0 aliphatic carbocycles. The van der Waals surface area contributed by atoms with Crippen LogP contribution < -0.4 is 4.90 Å². The van der Waals surface area contributed by atoms with Gasteiger partial charge >= 0.3 is 0 Å². The Hall–Kier alpha value is -6.50. The molecule has 0 fully saturated rings. The number of furan rings is 2. The molecule has 11 aromatic rings. The van der Waals surface area contributed by atoms with Crippen LogP contribution in [0, 0.1) is 0 Å². The van der Waals surface area contributed by atoms with Crippen molar-refractivity contribution in [1.82, 2.24) is 9.97 Å². The Morgan fingerprint density at radius 1 is 0.500 bits per heavy atom. The highest BCUT2D eigenvalue weighted by Crippen LogP contribution is 2.44. The number of aromatic nitrogens is 2. The highest BCUT2D eigenvalue weighted by molar-refractivity contribution is 7.22. The number of fused-ring (bicyclic) bond motifs is 11. The van der Waals surface area contributed by atoms with Gasteiger partial charge in [0.15, 0.2) is 0 Å². The van der Waals surface area contributed by atoms with Crippen LogP contribution >= 0.6 is 11.3 Å². The van der Waals surface area contributed by atoms with Gasteiger partial charge in [0.2, 0.25) is 0 Å². The van der Waals surface area contributed by atoms with Crippen LogP contribution in [0.5, 0.6) is 0 Å². The van der Waals surface area contributed by atoms with Crippen LogP contribution in [0.4, 0.5) is 17.1 Å². The van der Waals surface area contributed by atoms with Crippen LogP contribution in [0.1, 0.15) is 0 Å². The molecule has 7 aromatic carbocycles. The lowest BCUT2D eigenvalue weighted by molar-refractivity contribution is 0.668. The van der Waals surface area contributed by atoms with Gasteiger partial charge in [-0.3, -0.25) is 4.98 Å². The molecule has 6 heteroatoms. The van der Waals surface area contributed by atoms with E-state index in [4.69, 9.17) is 13.8 Å².